The Morgan fingerprint density at radius 2 is 2.05 bits per heavy atom. The second kappa shape index (κ2) is 5.34. The molecule has 0 bridgehead atoms. The van der Waals surface area contributed by atoms with E-state index >= 15 is 0 Å². The zero-order chi connectivity index (χ0) is 15.9. The van der Waals surface area contributed by atoms with E-state index < -0.39 is 4.92 Å². The maximum absolute atomic E-state index is 11.6. The number of thiazole rings is 1. The number of aryl methyl sites for hydroxylation is 2. The third kappa shape index (κ3) is 2.10. The van der Waals surface area contributed by atoms with E-state index in [0.29, 0.717) is 17.0 Å². The van der Waals surface area contributed by atoms with Gasteiger partial charge in [-0.05, 0) is 25.5 Å². The van der Waals surface area contributed by atoms with Crippen LogP contribution in [0.4, 0.5) is 5.69 Å². The van der Waals surface area contributed by atoms with Gasteiger partial charge in [0.2, 0.25) is 0 Å². The molecule has 3 aromatic rings. The van der Waals surface area contributed by atoms with Gasteiger partial charge >= 0.3 is 0 Å². The molecule has 0 aliphatic carbocycles. The topological polar surface area (TPSA) is 77.5 Å². The number of nitro benzene ring substituents is 1. The van der Waals surface area contributed by atoms with Crippen molar-refractivity contribution in [1.82, 2.24) is 9.38 Å². The molecule has 0 radical (unpaired) electrons. The van der Waals surface area contributed by atoms with E-state index in [9.17, 15) is 14.9 Å². The maximum Gasteiger partial charge on any atom is 0.269 e. The fourth-order valence-corrected chi connectivity index (χ4v) is 3.63. The van der Waals surface area contributed by atoms with Gasteiger partial charge in [0, 0.05) is 28.3 Å². The number of hydrogen-bond acceptors (Lipinski definition) is 5. The summed E-state index contributed by atoms with van der Waals surface area (Å²) in [6.07, 6.45) is 1.60. The Labute approximate surface area is 130 Å². The number of imidazole rings is 1. The number of aldehydes is 1. The van der Waals surface area contributed by atoms with Crippen molar-refractivity contribution in [2.75, 3.05) is 0 Å². The lowest BCUT2D eigenvalue weighted by molar-refractivity contribution is -0.384. The first-order valence-electron chi connectivity index (χ1n) is 6.77. The van der Waals surface area contributed by atoms with Crippen LogP contribution in [-0.2, 0) is 6.42 Å². The molecule has 0 spiro atoms. The van der Waals surface area contributed by atoms with E-state index in [0.717, 1.165) is 28.2 Å². The molecule has 0 aliphatic heterocycles. The van der Waals surface area contributed by atoms with Crippen molar-refractivity contribution in [1.29, 1.82) is 0 Å². The van der Waals surface area contributed by atoms with Gasteiger partial charge in [0.05, 0.1) is 4.92 Å². The van der Waals surface area contributed by atoms with Gasteiger partial charge < -0.3 is 0 Å². The molecule has 0 saturated heterocycles. The molecular weight excluding hydrogens is 302 g/mol. The fraction of sp³-hybridized carbons (Fsp3) is 0.200. The van der Waals surface area contributed by atoms with Crippen LogP contribution in [0.2, 0.25) is 0 Å². The van der Waals surface area contributed by atoms with Gasteiger partial charge in [0.15, 0.2) is 11.2 Å². The second-order valence-electron chi connectivity index (χ2n) is 4.84. The summed E-state index contributed by atoms with van der Waals surface area (Å²) >= 11 is 1.54. The highest BCUT2D eigenvalue weighted by molar-refractivity contribution is 7.17. The minimum atomic E-state index is -0.450. The molecule has 0 aliphatic rings. The Morgan fingerprint density at radius 3 is 2.59 bits per heavy atom. The molecule has 0 fully saturated rings. The van der Waals surface area contributed by atoms with Crippen molar-refractivity contribution in [2.45, 2.75) is 20.3 Å². The fourth-order valence-electron chi connectivity index (χ4n) is 2.56. The Bertz CT molecular complexity index is 878. The minimum Gasteiger partial charge on any atom is -0.296 e. The minimum absolute atomic E-state index is 0.0162. The number of non-ortho nitro benzene ring substituents is 1. The van der Waals surface area contributed by atoms with Crippen molar-refractivity contribution >= 4 is 28.3 Å². The summed E-state index contributed by atoms with van der Waals surface area (Å²) in [7, 11) is 0. The molecule has 0 unspecified atom stereocenters. The van der Waals surface area contributed by atoms with Crippen LogP contribution in [0.5, 0.6) is 0 Å². The summed E-state index contributed by atoms with van der Waals surface area (Å²) in [6, 6.07) is 6.08. The molecule has 0 atom stereocenters. The average Bonchev–Trinajstić information content (AvgIpc) is 3.01. The van der Waals surface area contributed by atoms with Gasteiger partial charge in [0.25, 0.3) is 5.69 Å². The quantitative estimate of drug-likeness (QED) is 0.418. The van der Waals surface area contributed by atoms with E-state index in [1.54, 1.807) is 23.5 Å². The van der Waals surface area contributed by atoms with Crippen molar-refractivity contribution in [3.63, 3.8) is 0 Å². The predicted octanol–water partition coefficient (Wildman–Crippen LogP) is 3.65. The van der Waals surface area contributed by atoms with Crippen LogP contribution in [-0.4, -0.2) is 20.6 Å². The van der Waals surface area contributed by atoms with E-state index in [1.807, 2.05) is 18.2 Å². The normalized spacial score (nSPS) is 11.0. The van der Waals surface area contributed by atoms with E-state index in [2.05, 4.69) is 4.98 Å². The van der Waals surface area contributed by atoms with Gasteiger partial charge in [-0.15, -0.1) is 11.3 Å². The molecule has 3 rings (SSSR count). The average molecular weight is 315 g/mol. The molecule has 7 heteroatoms. The van der Waals surface area contributed by atoms with E-state index in [-0.39, 0.29) is 5.69 Å². The summed E-state index contributed by atoms with van der Waals surface area (Å²) in [5, 5.41) is 10.7. The van der Waals surface area contributed by atoms with Crippen LogP contribution in [0.3, 0.4) is 0 Å². The predicted molar refractivity (Wildman–Crippen MR) is 84.7 cm³/mol. The number of carbonyl (C=O) groups excluding carboxylic acids is 1. The van der Waals surface area contributed by atoms with Crippen molar-refractivity contribution in [3.05, 3.63) is 50.6 Å². The zero-order valence-corrected chi connectivity index (χ0v) is 12.9. The summed E-state index contributed by atoms with van der Waals surface area (Å²) in [5.41, 5.74) is 2.84. The van der Waals surface area contributed by atoms with Gasteiger partial charge in [-0.1, -0.05) is 6.92 Å². The highest BCUT2D eigenvalue weighted by atomic mass is 32.1. The number of benzene rings is 1. The maximum atomic E-state index is 11.6. The smallest absolute Gasteiger partial charge is 0.269 e. The standard InChI is InChI=1S/C15H13N3O3S/c1-3-12-9(2)22-15-16-14(13(8-19)17(12)15)10-4-6-11(7-5-10)18(20)21/h4-8H,3H2,1-2H3. The number of rotatable bonds is 4. The van der Waals surface area contributed by atoms with E-state index in [1.165, 1.54) is 12.1 Å². The summed E-state index contributed by atoms with van der Waals surface area (Å²) in [6.45, 7) is 4.05. The highest BCUT2D eigenvalue weighted by Crippen LogP contribution is 2.31. The lowest BCUT2D eigenvalue weighted by atomic mass is 10.1. The van der Waals surface area contributed by atoms with Crippen LogP contribution in [0.15, 0.2) is 24.3 Å². The van der Waals surface area contributed by atoms with Crippen LogP contribution in [0, 0.1) is 17.0 Å². The molecule has 0 N–H and O–H groups in total. The third-order valence-electron chi connectivity index (χ3n) is 3.60. The first kappa shape index (κ1) is 14.4. The summed E-state index contributed by atoms with van der Waals surface area (Å²) in [4.78, 5) is 28.3. The SMILES string of the molecule is CCc1c(C)sc2nc(-c3ccc([N+](=O)[O-])cc3)c(C=O)n12. The molecule has 22 heavy (non-hydrogen) atoms. The lowest BCUT2D eigenvalue weighted by Gasteiger charge is -2.01. The molecule has 0 saturated carbocycles. The number of hydrogen-bond donors (Lipinski definition) is 0. The van der Waals surface area contributed by atoms with Crippen LogP contribution < -0.4 is 0 Å². The first-order valence-corrected chi connectivity index (χ1v) is 7.59. The molecule has 112 valence electrons. The van der Waals surface area contributed by atoms with Crippen LogP contribution in [0.25, 0.3) is 16.2 Å². The largest absolute Gasteiger partial charge is 0.296 e. The molecular formula is C15H13N3O3S. The number of carbonyl (C=O) groups is 1. The number of nitro groups is 1. The van der Waals surface area contributed by atoms with Crippen molar-refractivity contribution < 1.29 is 9.72 Å². The number of nitrogens with zero attached hydrogens (tertiary/aromatic N) is 3. The summed E-state index contributed by atoms with van der Waals surface area (Å²) in [5.74, 6) is 0. The molecule has 2 aromatic heterocycles. The van der Waals surface area contributed by atoms with E-state index in [4.69, 9.17) is 0 Å². The van der Waals surface area contributed by atoms with Crippen molar-refractivity contribution in [3.8, 4) is 11.3 Å². The van der Waals surface area contributed by atoms with Crippen molar-refractivity contribution in [2.24, 2.45) is 0 Å². The van der Waals surface area contributed by atoms with Gasteiger partial charge in [0.1, 0.15) is 11.4 Å². The Hall–Kier alpha value is -2.54. The molecule has 2 heterocycles. The van der Waals surface area contributed by atoms with Gasteiger partial charge in [-0.2, -0.15) is 0 Å². The zero-order valence-electron chi connectivity index (χ0n) is 12.1. The molecule has 6 nitrogen and oxygen atoms in total. The second-order valence-corrected chi connectivity index (χ2v) is 6.03. The number of fused-ring (bicyclic) bond motifs is 1. The first-order chi connectivity index (χ1) is 10.6. The van der Waals surface area contributed by atoms with Crippen LogP contribution in [0.1, 0.15) is 28.0 Å². The van der Waals surface area contributed by atoms with Gasteiger partial charge in [-0.3, -0.25) is 19.3 Å². The Morgan fingerprint density at radius 1 is 1.36 bits per heavy atom. The van der Waals surface area contributed by atoms with Crippen LogP contribution >= 0.6 is 11.3 Å². The molecule has 0 amide bonds. The highest BCUT2D eigenvalue weighted by Gasteiger charge is 2.19. The monoisotopic (exact) mass is 315 g/mol. The third-order valence-corrected chi connectivity index (χ3v) is 4.60. The Balaban J connectivity index is 2.20. The van der Waals surface area contributed by atoms with Gasteiger partial charge in [-0.25, -0.2) is 4.98 Å². The number of aromatic nitrogens is 2. The Kier molecular flexibility index (Phi) is 3.50. The summed E-state index contributed by atoms with van der Waals surface area (Å²) < 4.78 is 1.88. The lowest BCUT2D eigenvalue weighted by Crippen LogP contribution is -1.97. The molecule has 1 aromatic carbocycles.